The normalized spacial score (nSPS) is 25.8. The predicted octanol–water partition coefficient (Wildman–Crippen LogP) is 3.06. The van der Waals surface area contributed by atoms with E-state index < -0.39 is 5.82 Å². The lowest BCUT2D eigenvalue weighted by Gasteiger charge is -2.40. The van der Waals surface area contributed by atoms with Crippen molar-refractivity contribution < 1.29 is 13.6 Å². The molecule has 0 spiro atoms. The summed E-state index contributed by atoms with van der Waals surface area (Å²) in [7, 11) is 0. The van der Waals surface area contributed by atoms with Crippen LogP contribution in [-0.2, 0) is 5.54 Å². The van der Waals surface area contributed by atoms with Gasteiger partial charge in [0.1, 0.15) is 22.8 Å². The quantitative estimate of drug-likeness (QED) is 0.791. The summed E-state index contributed by atoms with van der Waals surface area (Å²) >= 11 is 0. The molecule has 2 saturated heterocycles. The summed E-state index contributed by atoms with van der Waals surface area (Å²) in [6, 6.07) is 4.31. The van der Waals surface area contributed by atoms with Gasteiger partial charge in [-0.3, -0.25) is 4.79 Å². The number of carbonyl (C=O) groups excluding carboxylic acids is 1. The van der Waals surface area contributed by atoms with Crippen LogP contribution in [0.15, 0.2) is 41.3 Å². The molecule has 2 aliphatic heterocycles. The number of hydrogen-bond acceptors (Lipinski definition) is 3. The van der Waals surface area contributed by atoms with Gasteiger partial charge in [0, 0.05) is 24.3 Å². The summed E-state index contributed by atoms with van der Waals surface area (Å²) in [4.78, 5) is 22.4. The van der Waals surface area contributed by atoms with Crippen LogP contribution in [-0.4, -0.2) is 27.3 Å². The summed E-state index contributed by atoms with van der Waals surface area (Å²) in [6.07, 6.45) is 6.76. The largest absolute Gasteiger partial charge is 0.464 e. The second-order valence-electron chi connectivity index (χ2n) is 6.45. The highest BCUT2D eigenvalue weighted by Crippen LogP contribution is 2.56. The number of aromatic amines is 1. The summed E-state index contributed by atoms with van der Waals surface area (Å²) in [5.74, 6) is 0.679. The molecule has 3 aliphatic rings. The Balaban J connectivity index is 1.61. The number of hydrogen-bond donors (Lipinski definition) is 1. The minimum Gasteiger partial charge on any atom is -0.464 e. The highest BCUT2D eigenvalue weighted by atomic mass is 19.1. The van der Waals surface area contributed by atoms with Crippen LogP contribution in [0.25, 0.3) is 11.0 Å². The van der Waals surface area contributed by atoms with Crippen molar-refractivity contribution in [2.45, 2.75) is 18.4 Å². The monoisotopic (exact) mass is 311 g/mol. The van der Waals surface area contributed by atoms with E-state index >= 15 is 0 Å². The van der Waals surface area contributed by atoms with E-state index in [0.717, 1.165) is 18.7 Å². The van der Waals surface area contributed by atoms with Crippen molar-refractivity contribution in [2.24, 2.45) is 5.92 Å². The Morgan fingerprint density at radius 1 is 1.43 bits per heavy atom. The van der Waals surface area contributed by atoms with Gasteiger partial charge in [-0.15, -0.1) is 0 Å². The van der Waals surface area contributed by atoms with Crippen LogP contribution in [0, 0.1) is 11.7 Å². The van der Waals surface area contributed by atoms with Gasteiger partial charge in [0.25, 0.3) is 5.91 Å². The van der Waals surface area contributed by atoms with E-state index in [2.05, 4.69) is 9.97 Å². The van der Waals surface area contributed by atoms with Crippen LogP contribution in [0.5, 0.6) is 0 Å². The van der Waals surface area contributed by atoms with Crippen LogP contribution >= 0.6 is 0 Å². The average molecular weight is 311 g/mol. The molecular formula is C17H14FN3O2. The molecule has 0 radical (unpaired) electrons. The van der Waals surface area contributed by atoms with Gasteiger partial charge < -0.3 is 14.3 Å². The topological polar surface area (TPSA) is 62.1 Å². The first-order chi connectivity index (χ1) is 11.2. The van der Waals surface area contributed by atoms with Crippen LogP contribution in [0.2, 0.25) is 0 Å². The van der Waals surface area contributed by atoms with Gasteiger partial charge in [-0.05, 0) is 37.0 Å². The Morgan fingerprint density at radius 2 is 2.30 bits per heavy atom. The molecule has 1 saturated carbocycles. The van der Waals surface area contributed by atoms with E-state index in [0.29, 0.717) is 23.4 Å². The van der Waals surface area contributed by atoms with Crippen molar-refractivity contribution in [1.82, 2.24) is 14.9 Å². The molecule has 3 fully saturated rings. The van der Waals surface area contributed by atoms with Crippen LogP contribution < -0.4 is 0 Å². The molecule has 2 bridgehead atoms. The average Bonchev–Trinajstić information content (AvgIpc) is 3.24. The zero-order valence-corrected chi connectivity index (χ0v) is 12.3. The standard InChI is InChI=1S/C17H14FN3O2/c18-12-5-11-1-4-23-14(11)13(6-12)15(22)21-9-10-7-17(21,8-10)16-19-2-3-20-16/h1-6,10H,7-9H2,(H,19,20). The van der Waals surface area contributed by atoms with Crippen LogP contribution in [0.1, 0.15) is 29.0 Å². The Kier molecular flexibility index (Phi) is 2.36. The van der Waals surface area contributed by atoms with Gasteiger partial charge in [0.15, 0.2) is 0 Å². The Labute approximate surface area is 131 Å². The number of nitrogens with zero attached hydrogens (tertiary/aromatic N) is 2. The molecule has 3 aromatic rings. The molecular weight excluding hydrogens is 297 g/mol. The summed E-state index contributed by atoms with van der Waals surface area (Å²) in [5, 5.41) is 0.604. The Bertz CT molecular complexity index is 909. The van der Waals surface area contributed by atoms with E-state index in [-0.39, 0.29) is 17.0 Å². The lowest BCUT2D eigenvalue weighted by Crippen LogP contribution is -2.46. The third-order valence-electron chi connectivity index (χ3n) is 5.14. The second-order valence-corrected chi connectivity index (χ2v) is 6.45. The highest BCUT2D eigenvalue weighted by molar-refractivity contribution is 6.05. The minimum atomic E-state index is -0.430. The number of nitrogens with one attached hydrogen (secondary N) is 1. The Morgan fingerprint density at radius 3 is 3.09 bits per heavy atom. The molecule has 6 heteroatoms. The summed E-state index contributed by atoms with van der Waals surface area (Å²) < 4.78 is 19.3. The molecule has 5 nitrogen and oxygen atoms in total. The number of aromatic nitrogens is 2. The molecule has 1 aliphatic carbocycles. The first-order valence-electron chi connectivity index (χ1n) is 7.66. The van der Waals surface area contributed by atoms with Crippen molar-refractivity contribution in [3.05, 3.63) is 54.1 Å². The lowest BCUT2D eigenvalue weighted by atomic mass is 9.72. The predicted molar refractivity (Wildman–Crippen MR) is 80.2 cm³/mol. The van der Waals surface area contributed by atoms with E-state index in [1.807, 2.05) is 4.90 Å². The van der Waals surface area contributed by atoms with Gasteiger partial charge in [0.2, 0.25) is 0 Å². The fourth-order valence-electron chi connectivity index (χ4n) is 4.15. The molecule has 116 valence electrons. The number of carbonyl (C=O) groups is 1. The summed E-state index contributed by atoms with van der Waals surface area (Å²) in [5.41, 5.74) is 0.342. The second kappa shape index (κ2) is 4.22. The van der Waals surface area contributed by atoms with Gasteiger partial charge in [-0.2, -0.15) is 0 Å². The smallest absolute Gasteiger partial charge is 0.258 e. The maximum atomic E-state index is 13.9. The van der Waals surface area contributed by atoms with Crippen molar-refractivity contribution >= 4 is 16.9 Å². The number of benzene rings is 1. The zero-order chi connectivity index (χ0) is 15.6. The van der Waals surface area contributed by atoms with Gasteiger partial charge in [0.05, 0.1) is 11.8 Å². The van der Waals surface area contributed by atoms with Crippen molar-refractivity contribution in [1.29, 1.82) is 0 Å². The van der Waals surface area contributed by atoms with Gasteiger partial charge in [-0.1, -0.05) is 0 Å². The highest BCUT2D eigenvalue weighted by Gasteiger charge is 2.60. The van der Waals surface area contributed by atoms with E-state index in [1.54, 1.807) is 18.5 Å². The fraction of sp³-hybridized carbons (Fsp3) is 0.294. The number of H-pyrrole nitrogens is 1. The zero-order valence-electron chi connectivity index (χ0n) is 12.3. The number of imidazole rings is 1. The lowest BCUT2D eigenvalue weighted by molar-refractivity contribution is 0.0528. The van der Waals surface area contributed by atoms with Crippen LogP contribution in [0.4, 0.5) is 4.39 Å². The maximum absolute atomic E-state index is 13.9. The fourth-order valence-corrected chi connectivity index (χ4v) is 4.15. The van der Waals surface area contributed by atoms with Gasteiger partial charge in [-0.25, -0.2) is 9.37 Å². The number of furan rings is 1. The van der Waals surface area contributed by atoms with E-state index in [1.165, 1.54) is 18.4 Å². The summed E-state index contributed by atoms with van der Waals surface area (Å²) in [6.45, 7) is 0.679. The molecule has 2 aromatic heterocycles. The SMILES string of the molecule is O=C(c1cc(F)cc2ccoc12)N1CC2CC1(c1ncc[nH]1)C2. The molecule has 1 aromatic carbocycles. The molecule has 4 heterocycles. The van der Waals surface area contributed by atoms with Crippen molar-refractivity contribution in [3.63, 3.8) is 0 Å². The first-order valence-corrected chi connectivity index (χ1v) is 7.66. The molecule has 1 amide bonds. The third kappa shape index (κ3) is 1.60. The maximum Gasteiger partial charge on any atom is 0.258 e. The molecule has 0 atom stereocenters. The van der Waals surface area contributed by atoms with Crippen molar-refractivity contribution in [3.8, 4) is 0 Å². The molecule has 6 rings (SSSR count). The number of rotatable bonds is 2. The van der Waals surface area contributed by atoms with Crippen LogP contribution in [0.3, 0.4) is 0 Å². The van der Waals surface area contributed by atoms with E-state index in [4.69, 9.17) is 4.42 Å². The molecule has 1 N–H and O–H groups in total. The van der Waals surface area contributed by atoms with E-state index in [9.17, 15) is 9.18 Å². The minimum absolute atomic E-state index is 0.194. The first kappa shape index (κ1) is 12.9. The Hall–Kier alpha value is -2.63. The third-order valence-corrected chi connectivity index (χ3v) is 5.14. The molecule has 23 heavy (non-hydrogen) atoms. The molecule has 0 unspecified atom stereocenters. The van der Waals surface area contributed by atoms with Crippen molar-refractivity contribution in [2.75, 3.05) is 6.54 Å². The number of fused-ring (bicyclic) bond motifs is 2. The number of halogens is 1. The number of amides is 1. The van der Waals surface area contributed by atoms with Gasteiger partial charge >= 0.3 is 0 Å².